The molecule has 0 unspecified atom stereocenters. The Bertz CT molecular complexity index is 1260. The highest BCUT2D eigenvalue weighted by Gasteiger charge is 2.20. The van der Waals surface area contributed by atoms with E-state index in [1.807, 2.05) is 48.9 Å². The first kappa shape index (κ1) is 19.1. The van der Waals surface area contributed by atoms with Crippen molar-refractivity contribution in [3.8, 4) is 5.69 Å². The second kappa shape index (κ2) is 7.28. The number of anilines is 1. The first-order valence-electron chi connectivity index (χ1n) is 9.10. The van der Waals surface area contributed by atoms with Gasteiger partial charge in [0.05, 0.1) is 18.2 Å². The lowest BCUT2D eigenvalue weighted by Crippen LogP contribution is -2.14. The molecule has 0 radical (unpaired) electrons. The van der Waals surface area contributed by atoms with E-state index in [0.29, 0.717) is 18.1 Å². The normalized spacial score (nSPS) is 12.0. The van der Waals surface area contributed by atoms with Crippen LogP contribution in [0.2, 0.25) is 0 Å². The third-order valence-corrected chi connectivity index (χ3v) is 5.39. The number of nitrogens with zero attached hydrogens (tertiary/aromatic N) is 6. The van der Waals surface area contributed by atoms with Crippen LogP contribution in [0.4, 0.5) is 5.95 Å². The summed E-state index contributed by atoms with van der Waals surface area (Å²) in [5.41, 5.74) is 3.31. The fraction of sp³-hybridized carbons (Fsp3) is 0.263. The van der Waals surface area contributed by atoms with Gasteiger partial charge in [-0.15, -0.1) is 0 Å². The molecule has 4 aromatic rings. The van der Waals surface area contributed by atoms with E-state index in [0.717, 1.165) is 23.1 Å². The highest BCUT2D eigenvalue weighted by molar-refractivity contribution is 7.90. The Kier molecular flexibility index (Phi) is 4.79. The molecule has 3 heterocycles. The fourth-order valence-electron chi connectivity index (χ4n) is 3.05. The number of aromatic nitrogens is 6. The van der Waals surface area contributed by atoms with Crippen LogP contribution < -0.4 is 5.32 Å². The Hall–Kier alpha value is -3.27. The molecule has 10 heteroatoms. The van der Waals surface area contributed by atoms with Crippen LogP contribution in [0, 0.1) is 0 Å². The Balaban J connectivity index is 1.76. The largest absolute Gasteiger partial charge is 0.350 e. The number of sulfone groups is 1. The van der Waals surface area contributed by atoms with E-state index in [1.165, 1.54) is 0 Å². The van der Waals surface area contributed by atoms with Gasteiger partial charge in [0.25, 0.3) is 5.16 Å². The third-order valence-electron chi connectivity index (χ3n) is 4.54. The second-order valence-corrected chi connectivity index (χ2v) is 8.95. The molecule has 0 spiro atoms. The molecule has 0 aliphatic heterocycles. The maximum Gasteiger partial charge on any atom is 0.252 e. The van der Waals surface area contributed by atoms with Gasteiger partial charge in [-0.05, 0) is 17.5 Å². The minimum Gasteiger partial charge on any atom is -0.350 e. The molecule has 0 aliphatic carbocycles. The summed E-state index contributed by atoms with van der Waals surface area (Å²) < 4.78 is 27.7. The van der Waals surface area contributed by atoms with E-state index in [2.05, 4.69) is 25.4 Å². The molecule has 29 heavy (non-hydrogen) atoms. The zero-order valence-corrected chi connectivity index (χ0v) is 17.1. The SMILES string of the molecule is CC(C)c1cnn2c(NCc3ccccc3-n3ccnc3)nc(S(C)(=O)=O)nc12. The molecule has 0 bridgehead atoms. The number of benzene rings is 1. The van der Waals surface area contributed by atoms with E-state index in [4.69, 9.17) is 0 Å². The van der Waals surface area contributed by atoms with Crippen molar-refractivity contribution >= 4 is 21.4 Å². The number of fused-ring (bicyclic) bond motifs is 1. The van der Waals surface area contributed by atoms with E-state index in [-0.39, 0.29) is 11.1 Å². The Labute approximate surface area is 168 Å². The average Bonchev–Trinajstić information content (AvgIpc) is 3.35. The molecule has 0 amide bonds. The van der Waals surface area contributed by atoms with E-state index >= 15 is 0 Å². The molecule has 0 aliphatic rings. The van der Waals surface area contributed by atoms with Gasteiger partial charge in [-0.1, -0.05) is 32.0 Å². The van der Waals surface area contributed by atoms with Gasteiger partial charge in [0.2, 0.25) is 15.8 Å². The summed E-state index contributed by atoms with van der Waals surface area (Å²) >= 11 is 0. The predicted octanol–water partition coefficient (Wildman–Crippen LogP) is 2.45. The van der Waals surface area contributed by atoms with Crippen LogP contribution in [0.5, 0.6) is 0 Å². The smallest absolute Gasteiger partial charge is 0.252 e. The van der Waals surface area contributed by atoms with Crippen molar-refractivity contribution in [1.82, 2.24) is 29.1 Å². The molecular formula is C19H21N7O2S. The van der Waals surface area contributed by atoms with Crippen molar-refractivity contribution in [2.75, 3.05) is 11.6 Å². The van der Waals surface area contributed by atoms with Gasteiger partial charge in [0, 0.05) is 30.8 Å². The third kappa shape index (κ3) is 3.70. The average molecular weight is 411 g/mol. The van der Waals surface area contributed by atoms with Crippen LogP contribution >= 0.6 is 0 Å². The summed E-state index contributed by atoms with van der Waals surface area (Å²) in [6.07, 6.45) is 8.11. The van der Waals surface area contributed by atoms with Crippen molar-refractivity contribution in [3.05, 3.63) is 60.3 Å². The minimum absolute atomic E-state index is 0.143. The van der Waals surface area contributed by atoms with Gasteiger partial charge in [-0.25, -0.2) is 13.4 Å². The minimum atomic E-state index is -3.58. The number of imidazole rings is 1. The standard InChI is InChI=1S/C19H21N7O2S/c1-13(2)15-11-22-26-17(15)23-19(29(3,27)28)24-18(26)21-10-14-6-4-5-7-16(14)25-9-8-20-12-25/h4-9,11-13H,10H2,1-3H3,(H,21,23,24). The predicted molar refractivity (Wildman–Crippen MR) is 109 cm³/mol. The Morgan fingerprint density at radius 3 is 2.66 bits per heavy atom. The molecule has 150 valence electrons. The lowest BCUT2D eigenvalue weighted by Gasteiger charge is -2.13. The van der Waals surface area contributed by atoms with Gasteiger partial charge in [0.15, 0.2) is 5.65 Å². The van der Waals surface area contributed by atoms with Gasteiger partial charge in [0.1, 0.15) is 0 Å². The molecule has 4 rings (SSSR count). The number of hydrogen-bond acceptors (Lipinski definition) is 7. The van der Waals surface area contributed by atoms with Crippen molar-refractivity contribution in [2.45, 2.75) is 31.5 Å². The first-order chi connectivity index (χ1) is 13.8. The molecule has 3 aromatic heterocycles. The quantitative estimate of drug-likeness (QED) is 0.519. The highest BCUT2D eigenvalue weighted by Crippen LogP contribution is 2.23. The molecule has 0 fully saturated rings. The van der Waals surface area contributed by atoms with E-state index in [9.17, 15) is 8.42 Å². The van der Waals surface area contributed by atoms with Crippen LogP contribution in [0.25, 0.3) is 11.3 Å². The summed E-state index contributed by atoms with van der Waals surface area (Å²) in [4.78, 5) is 12.6. The van der Waals surface area contributed by atoms with Crippen LogP contribution in [0.15, 0.2) is 54.3 Å². The Morgan fingerprint density at radius 2 is 1.97 bits per heavy atom. The Morgan fingerprint density at radius 1 is 1.17 bits per heavy atom. The molecule has 9 nitrogen and oxygen atoms in total. The molecule has 1 aromatic carbocycles. The lowest BCUT2D eigenvalue weighted by molar-refractivity contribution is 0.592. The monoisotopic (exact) mass is 411 g/mol. The molecule has 0 atom stereocenters. The van der Waals surface area contributed by atoms with Crippen LogP contribution in [-0.4, -0.2) is 43.8 Å². The summed E-state index contributed by atoms with van der Waals surface area (Å²) in [5, 5.41) is 7.36. The van der Waals surface area contributed by atoms with Gasteiger partial charge in [-0.3, -0.25) is 0 Å². The summed E-state index contributed by atoms with van der Waals surface area (Å²) in [6, 6.07) is 7.87. The highest BCUT2D eigenvalue weighted by atomic mass is 32.2. The fourth-order valence-corrected chi connectivity index (χ4v) is 3.56. The van der Waals surface area contributed by atoms with Gasteiger partial charge >= 0.3 is 0 Å². The second-order valence-electron chi connectivity index (χ2n) is 7.04. The van der Waals surface area contributed by atoms with Crippen LogP contribution in [0.3, 0.4) is 0 Å². The number of para-hydroxylation sites is 1. The number of rotatable bonds is 6. The zero-order chi connectivity index (χ0) is 20.6. The van der Waals surface area contributed by atoms with E-state index < -0.39 is 9.84 Å². The van der Waals surface area contributed by atoms with Gasteiger partial charge < -0.3 is 9.88 Å². The van der Waals surface area contributed by atoms with Crippen molar-refractivity contribution in [1.29, 1.82) is 0 Å². The van der Waals surface area contributed by atoms with Crippen molar-refractivity contribution in [3.63, 3.8) is 0 Å². The van der Waals surface area contributed by atoms with Crippen LogP contribution in [-0.2, 0) is 16.4 Å². The maximum atomic E-state index is 12.1. The molecular weight excluding hydrogens is 390 g/mol. The molecule has 1 N–H and O–H groups in total. The van der Waals surface area contributed by atoms with Crippen LogP contribution in [0.1, 0.15) is 30.9 Å². The van der Waals surface area contributed by atoms with Crippen molar-refractivity contribution in [2.24, 2.45) is 0 Å². The maximum absolute atomic E-state index is 12.1. The van der Waals surface area contributed by atoms with E-state index in [1.54, 1.807) is 23.2 Å². The summed E-state index contributed by atoms with van der Waals surface area (Å²) in [6.45, 7) is 4.43. The molecule has 0 saturated heterocycles. The first-order valence-corrected chi connectivity index (χ1v) is 11.0. The zero-order valence-electron chi connectivity index (χ0n) is 16.3. The summed E-state index contributed by atoms with van der Waals surface area (Å²) in [7, 11) is -3.58. The topological polar surface area (TPSA) is 107 Å². The van der Waals surface area contributed by atoms with Crippen molar-refractivity contribution < 1.29 is 8.42 Å². The van der Waals surface area contributed by atoms with Gasteiger partial charge in [-0.2, -0.15) is 19.6 Å². The summed E-state index contributed by atoms with van der Waals surface area (Å²) in [5.74, 6) is 0.465. The lowest BCUT2D eigenvalue weighted by atomic mass is 10.1. The number of nitrogens with one attached hydrogen (secondary N) is 1. The molecule has 0 saturated carbocycles. The number of hydrogen-bond donors (Lipinski definition) is 1.